The number of pyridine rings is 1. The van der Waals surface area contributed by atoms with Crippen LogP contribution in [0.15, 0.2) is 47.5 Å². The largest absolute Gasteiger partial charge is 0.493 e. The first-order valence-electron chi connectivity index (χ1n) is 8.24. The first-order valence-corrected chi connectivity index (χ1v) is 9.22. The van der Waals surface area contributed by atoms with E-state index >= 15 is 0 Å². The summed E-state index contributed by atoms with van der Waals surface area (Å²) in [4.78, 5) is 4.84. The van der Waals surface area contributed by atoms with E-state index in [2.05, 4.69) is 58.0 Å². The van der Waals surface area contributed by atoms with Gasteiger partial charge in [0, 0.05) is 11.1 Å². The minimum Gasteiger partial charge on any atom is -0.493 e. The molecule has 3 aromatic rings. The molecular formula is C21H23NOS. The van der Waals surface area contributed by atoms with E-state index in [4.69, 9.17) is 9.72 Å². The number of thioether (sulfide) groups is 1. The van der Waals surface area contributed by atoms with Crippen molar-refractivity contribution in [1.29, 1.82) is 0 Å². The molecule has 0 spiro atoms. The lowest BCUT2D eigenvalue weighted by Crippen LogP contribution is -2.01. The average molecular weight is 337 g/mol. The van der Waals surface area contributed by atoms with Crippen LogP contribution >= 0.6 is 11.8 Å². The van der Waals surface area contributed by atoms with E-state index in [1.165, 1.54) is 27.6 Å². The molecule has 2 nitrogen and oxygen atoms in total. The number of ether oxygens (including phenoxy) is 1. The number of benzene rings is 2. The van der Waals surface area contributed by atoms with Gasteiger partial charge in [0.05, 0.1) is 17.1 Å². The third-order valence-electron chi connectivity index (χ3n) is 4.02. The van der Waals surface area contributed by atoms with Gasteiger partial charge in [0.25, 0.3) is 0 Å². The molecule has 0 saturated carbocycles. The van der Waals surface area contributed by atoms with Crippen molar-refractivity contribution < 1.29 is 4.74 Å². The predicted octanol–water partition coefficient (Wildman–Crippen LogP) is 5.64. The van der Waals surface area contributed by atoms with Crippen molar-refractivity contribution in [3.8, 4) is 5.75 Å². The standard InChI is InChI=1S/C21H23NOS/c1-14-6-5-7-18(11-14)23-8-9-24-20-13-16(3)19-12-15(2)10-17(4)21(19)22-20/h5-7,10-13H,8-9H2,1-4H3. The quantitative estimate of drug-likeness (QED) is 0.444. The summed E-state index contributed by atoms with van der Waals surface area (Å²) in [6.07, 6.45) is 0. The third-order valence-corrected chi connectivity index (χ3v) is 4.90. The molecule has 1 aromatic heterocycles. The minimum atomic E-state index is 0.680. The summed E-state index contributed by atoms with van der Waals surface area (Å²) in [7, 11) is 0. The fourth-order valence-corrected chi connectivity index (χ4v) is 3.69. The van der Waals surface area contributed by atoms with Crippen molar-refractivity contribution in [3.63, 3.8) is 0 Å². The first-order chi connectivity index (χ1) is 11.5. The zero-order valence-electron chi connectivity index (χ0n) is 14.7. The Labute approximate surface area is 148 Å². The Morgan fingerprint density at radius 1 is 0.917 bits per heavy atom. The second kappa shape index (κ2) is 7.27. The zero-order chi connectivity index (χ0) is 17.1. The van der Waals surface area contributed by atoms with Gasteiger partial charge in [0.2, 0.25) is 0 Å². The Morgan fingerprint density at radius 2 is 1.75 bits per heavy atom. The van der Waals surface area contributed by atoms with Crippen LogP contribution in [0.1, 0.15) is 22.3 Å². The lowest BCUT2D eigenvalue weighted by Gasteiger charge is -2.10. The maximum Gasteiger partial charge on any atom is 0.119 e. The van der Waals surface area contributed by atoms with Crippen molar-refractivity contribution in [1.82, 2.24) is 4.98 Å². The van der Waals surface area contributed by atoms with Crippen molar-refractivity contribution in [2.45, 2.75) is 32.7 Å². The number of rotatable bonds is 5. The van der Waals surface area contributed by atoms with Crippen LogP contribution in [0.5, 0.6) is 5.75 Å². The van der Waals surface area contributed by atoms with Crippen molar-refractivity contribution in [2.75, 3.05) is 12.4 Å². The second-order valence-corrected chi connectivity index (χ2v) is 7.38. The Hall–Kier alpha value is -2.00. The molecule has 24 heavy (non-hydrogen) atoms. The first kappa shape index (κ1) is 16.8. The number of aryl methyl sites for hydroxylation is 4. The van der Waals surface area contributed by atoms with E-state index in [9.17, 15) is 0 Å². The van der Waals surface area contributed by atoms with Gasteiger partial charge < -0.3 is 4.74 Å². The van der Waals surface area contributed by atoms with Crippen molar-refractivity contribution in [3.05, 3.63) is 64.7 Å². The summed E-state index contributed by atoms with van der Waals surface area (Å²) < 4.78 is 5.82. The van der Waals surface area contributed by atoms with E-state index in [0.717, 1.165) is 22.0 Å². The van der Waals surface area contributed by atoms with E-state index in [1.807, 2.05) is 12.1 Å². The van der Waals surface area contributed by atoms with Crippen LogP contribution in [0.25, 0.3) is 10.9 Å². The van der Waals surface area contributed by atoms with Gasteiger partial charge in [0.1, 0.15) is 5.75 Å². The molecule has 3 rings (SSSR count). The Balaban J connectivity index is 1.67. The summed E-state index contributed by atoms with van der Waals surface area (Å²) in [5.41, 5.74) is 6.15. The number of fused-ring (bicyclic) bond motifs is 1. The SMILES string of the molecule is Cc1cccc(OCCSc2cc(C)c3cc(C)cc(C)c3n2)c1. The molecule has 2 aromatic carbocycles. The number of nitrogens with zero attached hydrogens (tertiary/aromatic N) is 1. The van der Waals surface area contributed by atoms with Crippen molar-refractivity contribution >= 4 is 22.7 Å². The smallest absolute Gasteiger partial charge is 0.119 e. The monoisotopic (exact) mass is 337 g/mol. The lowest BCUT2D eigenvalue weighted by atomic mass is 10.0. The van der Waals surface area contributed by atoms with Crippen LogP contribution in [0.2, 0.25) is 0 Å². The Kier molecular flexibility index (Phi) is 5.10. The number of hydrogen-bond donors (Lipinski definition) is 0. The second-order valence-electron chi connectivity index (χ2n) is 6.27. The molecule has 0 aliphatic carbocycles. The highest BCUT2D eigenvalue weighted by molar-refractivity contribution is 7.99. The molecule has 0 radical (unpaired) electrons. The summed E-state index contributed by atoms with van der Waals surface area (Å²) >= 11 is 1.75. The molecule has 0 amide bonds. The molecule has 1 heterocycles. The van der Waals surface area contributed by atoms with Gasteiger partial charge in [-0.2, -0.15) is 0 Å². The highest BCUT2D eigenvalue weighted by atomic mass is 32.2. The van der Waals surface area contributed by atoms with E-state index in [1.54, 1.807) is 11.8 Å². The van der Waals surface area contributed by atoms with Gasteiger partial charge in [-0.1, -0.05) is 23.8 Å². The average Bonchev–Trinajstić information content (AvgIpc) is 2.53. The maximum atomic E-state index is 5.82. The lowest BCUT2D eigenvalue weighted by molar-refractivity contribution is 0.343. The minimum absolute atomic E-state index is 0.680. The molecule has 0 bridgehead atoms. The highest BCUT2D eigenvalue weighted by Crippen LogP contribution is 2.27. The van der Waals surface area contributed by atoms with Gasteiger partial charge >= 0.3 is 0 Å². The third kappa shape index (κ3) is 3.90. The van der Waals surface area contributed by atoms with Crippen LogP contribution < -0.4 is 4.74 Å². The zero-order valence-corrected chi connectivity index (χ0v) is 15.5. The van der Waals surface area contributed by atoms with Crippen LogP contribution in [-0.2, 0) is 0 Å². The Bertz CT molecular complexity index is 873. The van der Waals surface area contributed by atoms with Gasteiger partial charge in [-0.05, 0) is 68.7 Å². The topological polar surface area (TPSA) is 22.1 Å². The molecule has 0 aliphatic heterocycles. The molecule has 0 saturated heterocycles. The number of aromatic nitrogens is 1. The van der Waals surface area contributed by atoms with Crippen LogP contribution in [-0.4, -0.2) is 17.3 Å². The van der Waals surface area contributed by atoms with Crippen LogP contribution in [0.4, 0.5) is 0 Å². The van der Waals surface area contributed by atoms with Gasteiger partial charge in [0.15, 0.2) is 0 Å². The summed E-state index contributed by atoms with van der Waals surface area (Å²) in [5, 5.41) is 2.33. The van der Waals surface area contributed by atoms with Crippen LogP contribution in [0.3, 0.4) is 0 Å². The van der Waals surface area contributed by atoms with Gasteiger partial charge in [-0.25, -0.2) is 4.98 Å². The highest BCUT2D eigenvalue weighted by Gasteiger charge is 2.07. The van der Waals surface area contributed by atoms with Gasteiger partial charge in [-0.3, -0.25) is 0 Å². The summed E-state index contributed by atoms with van der Waals surface area (Å²) in [6, 6.07) is 14.8. The molecular weight excluding hydrogens is 314 g/mol. The van der Waals surface area contributed by atoms with E-state index < -0.39 is 0 Å². The molecule has 0 unspecified atom stereocenters. The summed E-state index contributed by atoms with van der Waals surface area (Å²) in [6.45, 7) is 9.19. The number of hydrogen-bond acceptors (Lipinski definition) is 3. The Morgan fingerprint density at radius 3 is 2.54 bits per heavy atom. The molecule has 0 fully saturated rings. The van der Waals surface area contributed by atoms with Crippen molar-refractivity contribution in [2.24, 2.45) is 0 Å². The fraction of sp³-hybridized carbons (Fsp3) is 0.286. The molecule has 0 aliphatic rings. The maximum absolute atomic E-state index is 5.82. The van der Waals surface area contributed by atoms with E-state index in [-0.39, 0.29) is 0 Å². The molecule has 124 valence electrons. The molecule has 3 heteroatoms. The van der Waals surface area contributed by atoms with E-state index in [0.29, 0.717) is 6.61 Å². The van der Waals surface area contributed by atoms with Crippen LogP contribution in [0, 0.1) is 27.7 Å². The normalized spacial score (nSPS) is 11.0. The fourth-order valence-electron chi connectivity index (χ4n) is 2.90. The molecule has 0 atom stereocenters. The van der Waals surface area contributed by atoms with Gasteiger partial charge in [-0.15, -0.1) is 11.8 Å². The summed E-state index contributed by atoms with van der Waals surface area (Å²) in [5.74, 6) is 1.82. The molecule has 0 N–H and O–H groups in total. The predicted molar refractivity (Wildman–Crippen MR) is 103 cm³/mol.